The van der Waals surface area contributed by atoms with Crippen molar-refractivity contribution in [3.05, 3.63) is 62.3 Å². The summed E-state index contributed by atoms with van der Waals surface area (Å²) in [6, 6.07) is 10.5. The van der Waals surface area contributed by atoms with E-state index in [1.807, 2.05) is 18.2 Å². The standard InChI is InChI=1S/C13H8BrCl2FS/c14-13-8(2-1-3-12(13)17)7-18-9-4-5-10(15)11(16)6-9/h1-6H,7H2. The topological polar surface area (TPSA) is 0 Å². The maximum absolute atomic E-state index is 13.3. The second-order valence-electron chi connectivity index (χ2n) is 3.58. The third-order valence-corrected chi connectivity index (χ3v) is 4.99. The largest absolute Gasteiger partial charge is 0.206 e. The van der Waals surface area contributed by atoms with Crippen LogP contribution in [0.1, 0.15) is 5.56 Å². The van der Waals surface area contributed by atoms with Crippen molar-refractivity contribution in [1.29, 1.82) is 0 Å². The number of hydrogen-bond acceptors (Lipinski definition) is 1. The van der Waals surface area contributed by atoms with Gasteiger partial charge in [-0.1, -0.05) is 35.3 Å². The Hall–Kier alpha value is -0.220. The molecule has 0 heterocycles. The van der Waals surface area contributed by atoms with Crippen LogP contribution in [0.15, 0.2) is 45.8 Å². The van der Waals surface area contributed by atoms with E-state index in [0.717, 1.165) is 10.5 Å². The minimum absolute atomic E-state index is 0.248. The van der Waals surface area contributed by atoms with E-state index in [1.165, 1.54) is 6.07 Å². The lowest BCUT2D eigenvalue weighted by Crippen LogP contribution is -1.86. The fourth-order valence-corrected chi connectivity index (χ4v) is 3.27. The average molecular weight is 366 g/mol. The van der Waals surface area contributed by atoms with Crippen molar-refractivity contribution in [1.82, 2.24) is 0 Å². The molecule has 0 aliphatic heterocycles. The molecule has 0 aromatic heterocycles. The van der Waals surface area contributed by atoms with Crippen molar-refractivity contribution >= 4 is 50.9 Å². The van der Waals surface area contributed by atoms with Crippen LogP contribution in [0.5, 0.6) is 0 Å². The normalized spacial score (nSPS) is 10.7. The van der Waals surface area contributed by atoms with E-state index in [2.05, 4.69) is 15.9 Å². The summed E-state index contributed by atoms with van der Waals surface area (Å²) >= 11 is 16.6. The maximum Gasteiger partial charge on any atom is 0.137 e. The van der Waals surface area contributed by atoms with Crippen LogP contribution >= 0.6 is 50.9 Å². The number of benzene rings is 2. The van der Waals surface area contributed by atoms with E-state index in [0.29, 0.717) is 20.3 Å². The van der Waals surface area contributed by atoms with Crippen molar-refractivity contribution < 1.29 is 4.39 Å². The third-order valence-electron chi connectivity index (χ3n) is 2.32. The van der Waals surface area contributed by atoms with E-state index in [9.17, 15) is 4.39 Å². The molecule has 0 saturated carbocycles. The Labute approximate surface area is 128 Å². The van der Waals surface area contributed by atoms with Gasteiger partial charge < -0.3 is 0 Å². The summed E-state index contributed by atoms with van der Waals surface area (Å²) in [5, 5.41) is 1.06. The minimum Gasteiger partial charge on any atom is -0.206 e. The van der Waals surface area contributed by atoms with Crippen LogP contribution in [0.4, 0.5) is 4.39 Å². The predicted octanol–water partition coefficient (Wildman–Crippen LogP) is 6.19. The highest BCUT2D eigenvalue weighted by Gasteiger charge is 2.06. The molecule has 0 aliphatic carbocycles. The van der Waals surface area contributed by atoms with Gasteiger partial charge in [-0.05, 0) is 45.8 Å². The van der Waals surface area contributed by atoms with Crippen LogP contribution in [-0.2, 0) is 5.75 Å². The fraction of sp³-hybridized carbons (Fsp3) is 0.0769. The molecule has 2 aromatic carbocycles. The first kappa shape index (κ1) is 14.2. The number of halogens is 4. The number of hydrogen-bond donors (Lipinski definition) is 0. The molecule has 0 saturated heterocycles. The molecule has 0 amide bonds. The highest BCUT2D eigenvalue weighted by molar-refractivity contribution is 9.10. The van der Waals surface area contributed by atoms with E-state index in [-0.39, 0.29) is 5.82 Å². The average Bonchev–Trinajstić information content (AvgIpc) is 2.35. The SMILES string of the molecule is Fc1cccc(CSc2ccc(Cl)c(Cl)c2)c1Br. The highest BCUT2D eigenvalue weighted by Crippen LogP contribution is 2.32. The lowest BCUT2D eigenvalue weighted by molar-refractivity contribution is 0.619. The molecule has 0 aliphatic rings. The first-order valence-electron chi connectivity index (χ1n) is 5.08. The maximum atomic E-state index is 13.3. The Kier molecular flexibility index (Phi) is 4.96. The van der Waals surface area contributed by atoms with Crippen LogP contribution < -0.4 is 0 Å². The Bertz CT molecular complexity index is 575. The van der Waals surface area contributed by atoms with Gasteiger partial charge in [0.2, 0.25) is 0 Å². The molecule has 0 atom stereocenters. The Morgan fingerprint density at radius 1 is 1.11 bits per heavy atom. The molecular formula is C13H8BrCl2FS. The van der Waals surface area contributed by atoms with E-state index in [1.54, 1.807) is 23.9 Å². The molecule has 0 radical (unpaired) electrons. The van der Waals surface area contributed by atoms with Gasteiger partial charge in [0.25, 0.3) is 0 Å². The molecule has 2 rings (SSSR count). The Balaban J connectivity index is 2.11. The van der Waals surface area contributed by atoms with Crippen LogP contribution in [0.25, 0.3) is 0 Å². The zero-order chi connectivity index (χ0) is 13.1. The van der Waals surface area contributed by atoms with Crippen LogP contribution in [0, 0.1) is 5.82 Å². The molecule has 18 heavy (non-hydrogen) atoms. The van der Waals surface area contributed by atoms with E-state index in [4.69, 9.17) is 23.2 Å². The molecule has 0 unspecified atom stereocenters. The lowest BCUT2D eigenvalue weighted by atomic mass is 10.2. The smallest absolute Gasteiger partial charge is 0.137 e. The zero-order valence-electron chi connectivity index (χ0n) is 9.09. The van der Waals surface area contributed by atoms with Crippen LogP contribution in [0.3, 0.4) is 0 Å². The zero-order valence-corrected chi connectivity index (χ0v) is 13.0. The van der Waals surface area contributed by atoms with Gasteiger partial charge in [0.1, 0.15) is 5.82 Å². The van der Waals surface area contributed by atoms with Gasteiger partial charge in [0, 0.05) is 10.6 Å². The van der Waals surface area contributed by atoms with E-state index < -0.39 is 0 Å². The summed E-state index contributed by atoms with van der Waals surface area (Å²) in [6.07, 6.45) is 0. The quantitative estimate of drug-likeness (QED) is 0.584. The summed E-state index contributed by atoms with van der Waals surface area (Å²) in [7, 11) is 0. The van der Waals surface area contributed by atoms with Crippen molar-refractivity contribution in [2.24, 2.45) is 0 Å². The van der Waals surface area contributed by atoms with Gasteiger partial charge in [-0.2, -0.15) is 0 Å². The summed E-state index contributed by atoms with van der Waals surface area (Å²) in [5.41, 5.74) is 0.908. The van der Waals surface area contributed by atoms with Gasteiger partial charge in [-0.15, -0.1) is 11.8 Å². The minimum atomic E-state index is -0.248. The molecule has 0 N–H and O–H groups in total. The van der Waals surface area contributed by atoms with Gasteiger partial charge in [0.15, 0.2) is 0 Å². The molecule has 0 spiro atoms. The highest BCUT2D eigenvalue weighted by atomic mass is 79.9. The number of rotatable bonds is 3. The Morgan fingerprint density at radius 2 is 1.89 bits per heavy atom. The van der Waals surface area contributed by atoms with Gasteiger partial charge in [0.05, 0.1) is 14.5 Å². The summed E-state index contributed by atoms with van der Waals surface area (Å²) in [6.45, 7) is 0. The van der Waals surface area contributed by atoms with E-state index >= 15 is 0 Å². The van der Waals surface area contributed by atoms with Gasteiger partial charge in [-0.3, -0.25) is 0 Å². The third kappa shape index (κ3) is 3.41. The molecule has 0 fully saturated rings. The Morgan fingerprint density at radius 3 is 2.61 bits per heavy atom. The number of thioether (sulfide) groups is 1. The molecule has 0 nitrogen and oxygen atoms in total. The molecule has 2 aromatic rings. The van der Waals surface area contributed by atoms with Crippen LogP contribution in [-0.4, -0.2) is 0 Å². The van der Waals surface area contributed by atoms with Crippen LogP contribution in [0.2, 0.25) is 10.0 Å². The first-order chi connectivity index (χ1) is 8.58. The molecule has 94 valence electrons. The van der Waals surface area contributed by atoms with Gasteiger partial charge >= 0.3 is 0 Å². The van der Waals surface area contributed by atoms with Crippen molar-refractivity contribution in [2.75, 3.05) is 0 Å². The van der Waals surface area contributed by atoms with Crippen molar-refractivity contribution in [3.8, 4) is 0 Å². The molecule has 0 bridgehead atoms. The summed E-state index contributed by atoms with van der Waals surface area (Å²) in [5.74, 6) is 0.415. The second kappa shape index (κ2) is 6.29. The lowest BCUT2D eigenvalue weighted by Gasteiger charge is -2.06. The summed E-state index contributed by atoms with van der Waals surface area (Å²) < 4.78 is 13.8. The van der Waals surface area contributed by atoms with Gasteiger partial charge in [-0.25, -0.2) is 4.39 Å². The molecular weight excluding hydrogens is 358 g/mol. The second-order valence-corrected chi connectivity index (χ2v) is 6.23. The molecule has 5 heteroatoms. The monoisotopic (exact) mass is 364 g/mol. The van der Waals surface area contributed by atoms with Crippen molar-refractivity contribution in [2.45, 2.75) is 10.6 Å². The van der Waals surface area contributed by atoms with Crippen molar-refractivity contribution in [3.63, 3.8) is 0 Å². The fourth-order valence-electron chi connectivity index (χ4n) is 1.39. The predicted molar refractivity (Wildman–Crippen MR) is 80.1 cm³/mol. The summed E-state index contributed by atoms with van der Waals surface area (Å²) in [4.78, 5) is 1.00. The first-order valence-corrected chi connectivity index (χ1v) is 7.62.